The SMILES string of the molecule is CN1C(=O)C2(COc3cc4c(cc32)/C(=N/O)CO4)c2ccccc21. The van der Waals surface area contributed by atoms with E-state index in [0.29, 0.717) is 22.8 Å². The Labute approximate surface area is 137 Å². The normalized spacial score (nSPS) is 24.8. The second kappa shape index (κ2) is 4.29. The summed E-state index contributed by atoms with van der Waals surface area (Å²) in [5.41, 5.74) is 2.96. The summed E-state index contributed by atoms with van der Waals surface area (Å²) in [6.45, 7) is 0.475. The van der Waals surface area contributed by atoms with Crippen LogP contribution in [0.4, 0.5) is 5.69 Å². The number of anilines is 1. The molecule has 0 aromatic heterocycles. The summed E-state index contributed by atoms with van der Waals surface area (Å²) >= 11 is 0. The van der Waals surface area contributed by atoms with E-state index in [0.717, 1.165) is 16.8 Å². The predicted octanol–water partition coefficient (Wildman–Crippen LogP) is 1.91. The highest BCUT2D eigenvalue weighted by Gasteiger charge is 2.56. The van der Waals surface area contributed by atoms with Crippen molar-refractivity contribution in [2.45, 2.75) is 5.41 Å². The van der Waals surface area contributed by atoms with E-state index in [2.05, 4.69) is 5.16 Å². The van der Waals surface area contributed by atoms with Gasteiger partial charge in [-0.15, -0.1) is 0 Å². The van der Waals surface area contributed by atoms with Crippen LogP contribution in [0, 0.1) is 0 Å². The standard InChI is InChI=1S/C18H14N2O4/c1-20-14-5-3-2-4-11(14)18(17(20)21)9-24-16-7-15-10(6-12(16)18)13(19-22)8-23-15/h2-7,22H,8-9H2,1H3/b19-13+. The van der Waals surface area contributed by atoms with Crippen molar-refractivity contribution in [2.24, 2.45) is 5.16 Å². The minimum atomic E-state index is -0.848. The third-order valence-electron chi connectivity index (χ3n) is 5.18. The van der Waals surface area contributed by atoms with Crippen LogP contribution >= 0.6 is 0 Å². The van der Waals surface area contributed by atoms with Gasteiger partial charge in [0.1, 0.15) is 35.8 Å². The number of para-hydroxylation sites is 1. The number of rotatable bonds is 0. The number of oxime groups is 1. The van der Waals surface area contributed by atoms with Crippen LogP contribution in [0.2, 0.25) is 0 Å². The van der Waals surface area contributed by atoms with Crippen molar-refractivity contribution in [3.63, 3.8) is 0 Å². The number of nitrogens with zero attached hydrogens (tertiary/aromatic N) is 2. The minimum absolute atomic E-state index is 0.0104. The second-order valence-electron chi connectivity index (χ2n) is 6.26. The van der Waals surface area contributed by atoms with Crippen LogP contribution in [0.15, 0.2) is 41.6 Å². The van der Waals surface area contributed by atoms with Gasteiger partial charge in [0.15, 0.2) is 0 Å². The average molecular weight is 322 g/mol. The van der Waals surface area contributed by atoms with Gasteiger partial charge >= 0.3 is 0 Å². The van der Waals surface area contributed by atoms with Crippen molar-refractivity contribution in [3.8, 4) is 11.5 Å². The van der Waals surface area contributed by atoms with Gasteiger partial charge in [0.25, 0.3) is 0 Å². The lowest BCUT2D eigenvalue weighted by atomic mass is 9.76. The van der Waals surface area contributed by atoms with Gasteiger partial charge < -0.3 is 19.6 Å². The maximum absolute atomic E-state index is 13.1. The van der Waals surface area contributed by atoms with Gasteiger partial charge in [-0.3, -0.25) is 4.79 Å². The molecular weight excluding hydrogens is 308 g/mol. The number of amides is 1. The Hall–Kier alpha value is -3.02. The summed E-state index contributed by atoms with van der Waals surface area (Å²) in [6.07, 6.45) is 0. The lowest BCUT2D eigenvalue weighted by molar-refractivity contribution is -0.121. The highest BCUT2D eigenvalue weighted by atomic mass is 16.5. The first-order valence-corrected chi connectivity index (χ1v) is 7.70. The number of likely N-dealkylation sites (N-methyl/N-ethyl adjacent to an activating group) is 1. The van der Waals surface area contributed by atoms with Crippen LogP contribution in [0.1, 0.15) is 16.7 Å². The molecule has 3 aliphatic rings. The average Bonchev–Trinajstić information content (AvgIpc) is 3.25. The summed E-state index contributed by atoms with van der Waals surface area (Å²) < 4.78 is 11.4. The second-order valence-corrected chi connectivity index (χ2v) is 6.26. The van der Waals surface area contributed by atoms with Gasteiger partial charge in [-0.1, -0.05) is 23.4 Å². The van der Waals surface area contributed by atoms with Crippen molar-refractivity contribution >= 4 is 17.3 Å². The molecule has 6 nitrogen and oxygen atoms in total. The van der Waals surface area contributed by atoms with E-state index in [4.69, 9.17) is 9.47 Å². The molecule has 1 N–H and O–H groups in total. The van der Waals surface area contributed by atoms with E-state index < -0.39 is 5.41 Å². The Morgan fingerprint density at radius 1 is 1.17 bits per heavy atom. The van der Waals surface area contributed by atoms with E-state index in [1.165, 1.54) is 0 Å². The zero-order chi connectivity index (χ0) is 16.5. The molecule has 1 unspecified atom stereocenters. The fourth-order valence-electron chi connectivity index (χ4n) is 3.97. The third kappa shape index (κ3) is 1.37. The molecule has 2 aromatic carbocycles. The number of carbonyl (C=O) groups excluding carboxylic acids is 1. The van der Waals surface area contributed by atoms with Crippen LogP contribution in [-0.4, -0.2) is 37.1 Å². The molecule has 0 bridgehead atoms. The first kappa shape index (κ1) is 13.4. The molecule has 0 aliphatic carbocycles. The molecule has 120 valence electrons. The number of carbonyl (C=O) groups is 1. The third-order valence-corrected chi connectivity index (χ3v) is 5.18. The molecule has 2 aromatic rings. The summed E-state index contributed by atoms with van der Waals surface area (Å²) in [5, 5.41) is 12.5. The topological polar surface area (TPSA) is 71.4 Å². The molecule has 1 amide bonds. The molecule has 5 rings (SSSR count). The Bertz CT molecular complexity index is 937. The van der Waals surface area contributed by atoms with E-state index in [9.17, 15) is 10.0 Å². The molecular formula is C18H14N2O4. The lowest BCUT2D eigenvalue weighted by Gasteiger charge is -2.21. The maximum atomic E-state index is 13.1. The van der Waals surface area contributed by atoms with E-state index in [-0.39, 0.29) is 19.1 Å². The largest absolute Gasteiger partial charge is 0.491 e. The smallest absolute Gasteiger partial charge is 0.245 e. The molecule has 1 atom stereocenters. The first-order valence-electron chi connectivity index (χ1n) is 7.70. The van der Waals surface area contributed by atoms with Gasteiger partial charge in [0.2, 0.25) is 5.91 Å². The van der Waals surface area contributed by atoms with Gasteiger partial charge in [-0.25, -0.2) is 0 Å². The highest BCUT2D eigenvalue weighted by Crippen LogP contribution is 2.53. The van der Waals surface area contributed by atoms with Crippen molar-refractivity contribution in [1.29, 1.82) is 0 Å². The van der Waals surface area contributed by atoms with Crippen LogP contribution in [0.25, 0.3) is 0 Å². The van der Waals surface area contributed by atoms with Crippen LogP contribution in [0.3, 0.4) is 0 Å². The molecule has 0 radical (unpaired) electrons. The number of ether oxygens (including phenoxy) is 2. The van der Waals surface area contributed by atoms with Gasteiger partial charge in [-0.2, -0.15) is 0 Å². The molecule has 6 heteroatoms. The number of benzene rings is 2. The van der Waals surface area contributed by atoms with E-state index in [1.54, 1.807) is 18.0 Å². The molecule has 3 heterocycles. The fourth-order valence-corrected chi connectivity index (χ4v) is 3.97. The number of fused-ring (bicyclic) bond motifs is 5. The Kier molecular flexibility index (Phi) is 2.40. The number of hydrogen-bond donors (Lipinski definition) is 1. The summed E-state index contributed by atoms with van der Waals surface area (Å²) in [6, 6.07) is 11.4. The summed E-state index contributed by atoms with van der Waals surface area (Å²) in [5.74, 6) is 1.25. The molecule has 0 fully saturated rings. The fraction of sp³-hybridized carbons (Fsp3) is 0.222. The minimum Gasteiger partial charge on any atom is -0.491 e. The first-order chi connectivity index (χ1) is 11.7. The van der Waals surface area contributed by atoms with Gasteiger partial charge in [0, 0.05) is 29.9 Å². The van der Waals surface area contributed by atoms with Crippen molar-refractivity contribution in [2.75, 3.05) is 25.2 Å². The Balaban J connectivity index is 1.79. The van der Waals surface area contributed by atoms with Gasteiger partial charge in [0.05, 0.1) is 0 Å². The summed E-state index contributed by atoms with van der Waals surface area (Å²) in [7, 11) is 1.78. The van der Waals surface area contributed by atoms with Crippen molar-refractivity contribution in [3.05, 3.63) is 53.1 Å². The lowest BCUT2D eigenvalue weighted by Crippen LogP contribution is -2.41. The quantitative estimate of drug-likeness (QED) is 0.594. The summed E-state index contributed by atoms with van der Waals surface area (Å²) in [4.78, 5) is 14.8. The highest BCUT2D eigenvalue weighted by molar-refractivity contribution is 6.12. The van der Waals surface area contributed by atoms with Crippen LogP contribution in [-0.2, 0) is 10.2 Å². The maximum Gasteiger partial charge on any atom is 0.245 e. The van der Waals surface area contributed by atoms with E-state index in [1.807, 2.05) is 30.3 Å². The van der Waals surface area contributed by atoms with E-state index >= 15 is 0 Å². The van der Waals surface area contributed by atoms with Crippen molar-refractivity contribution < 1.29 is 19.5 Å². The molecule has 3 aliphatic heterocycles. The monoisotopic (exact) mass is 322 g/mol. The van der Waals surface area contributed by atoms with Crippen molar-refractivity contribution in [1.82, 2.24) is 0 Å². The van der Waals surface area contributed by atoms with Crippen LogP contribution in [0.5, 0.6) is 11.5 Å². The predicted molar refractivity (Wildman–Crippen MR) is 86.4 cm³/mol. The zero-order valence-electron chi connectivity index (χ0n) is 12.9. The molecule has 1 spiro atoms. The molecule has 24 heavy (non-hydrogen) atoms. The number of hydrogen-bond acceptors (Lipinski definition) is 5. The van der Waals surface area contributed by atoms with Crippen LogP contribution < -0.4 is 14.4 Å². The molecule has 0 saturated carbocycles. The molecule has 0 saturated heterocycles. The van der Waals surface area contributed by atoms with Gasteiger partial charge in [-0.05, 0) is 17.7 Å². The Morgan fingerprint density at radius 3 is 2.83 bits per heavy atom. The zero-order valence-corrected chi connectivity index (χ0v) is 12.9. The Morgan fingerprint density at radius 2 is 2.00 bits per heavy atom.